The summed E-state index contributed by atoms with van der Waals surface area (Å²) in [6, 6.07) is 26.8. The van der Waals surface area contributed by atoms with Crippen molar-refractivity contribution in [3.05, 3.63) is 125 Å². The minimum Gasteiger partial charge on any atom is -0.406 e. The number of alkyl halides is 3. The van der Waals surface area contributed by atoms with Crippen LogP contribution in [0.4, 0.5) is 13.2 Å². The molecule has 47 heavy (non-hydrogen) atoms. The second kappa shape index (κ2) is 17.9. The lowest BCUT2D eigenvalue weighted by atomic mass is 10.0. The SMILES string of the molecule is Cc1ccc(S(=O)(=O)O)cc1.Cc1ccc(S(=O)(=O)O)cc1.N[C@@H](Cc1ccccc1)[C@H](O)CNCc1cccc(OC(F)(F)F)c1. The molecule has 0 bridgehead atoms. The van der Waals surface area contributed by atoms with Crippen molar-refractivity contribution in [2.75, 3.05) is 6.54 Å². The van der Waals surface area contributed by atoms with Gasteiger partial charge in [0.15, 0.2) is 0 Å². The van der Waals surface area contributed by atoms with Crippen LogP contribution >= 0.6 is 0 Å². The predicted octanol–water partition coefficient (Wildman–Crippen LogP) is 5.09. The Labute approximate surface area is 272 Å². The molecule has 4 aromatic carbocycles. The van der Waals surface area contributed by atoms with Crippen LogP contribution in [0.2, 0.25) is 0 Å². The Morgan fingerprint density at radius 1 is 0.745 bits per heavy atom. The molecular formula is C32H37F3N2O8S2. The summed E-state index contributed by atoms with van der Waals surface area (Å²) in [5.74, 6) is -0.270. The molecule has 256 valence electrons. The van der Waals surface area contributed by atoms with Crippen molar-refractivity contribution >= 4 is 20.2 Å². The minimum absolute atomic E-state index is 0.0666. The van der Waals surface area contributed by atoms with Gasteiger partial charge in [0, 0.05) is 19.1 Å². The highest BCUT2D eigenvalue weighted by molar-refractivity contribution is 7.86. The van der Waals surface area contributed by atoms with Gasteiger partial charge in [-0.2, -0.15) is 16.8 Å². The van der Waals surface area contributed by atoms with E-state index >= 15 is 0 Å². The average Bonchev–Trinajstić information content (AvgIpc) is 2.97. The van der Waals surface area contributed by atoms with Crippen LogP contribution in [-0.4, -0.2) is 56.1 Å². The smallest absolute Gasteiger partial charge is 0.406 e. The van der Waals surface area contributed by atoms with E-state index in [1.54, 1.807) is 30.3 Å². The fraction of sp³-hybridized carbons (Fsp3) is 0.250. The maximum absolute atomic E-state index is 12.2. The van der Waals surface area contributed by atoms with Crippen LogP contribution in [0, 0.1) is 13.8 Å². The number of hydrogen-bond acceptors (Lipinski definition) is 8. The van der Waals surface area contributed by atoms with Crippen molar-refractivity contribution in [1.82, 2.24) is 5.32 Å². The Morgan fingerprint density at radius 3 is 1.66 bits per heavy atom. The highest BCUT2D eigenvalue weighted by Crippen LogP contribution is 2.23. The van der Waals surface area contributed by atoms with Crippen LogP contribution in [0.5, 0.6) is 5.75 Å². The van der Waals surface area contributed by atoms with E-state index in [9.17, 15) is 35.1 Å². The zero-order chi connectivity index (χ0) is 35.3. The predicted molar refractivity (Wildman–Crippen MR) is 171 cm³/mol. The Balaban J connectivity index is 0.000000287. The van der Waals surface area contributed by atoms with Crippen molar-refractivity contribution < 1.29 is 49.0 Å². The van der Waals surface area contributed by atoms with Crippen molar-refractivity contribution in [2.45, 2.75) is 55.1 Å². The number of benzene rings is 4. The molecule has 10 nitrogen and oxygen atoms in total. The third-order valence-corrected chi connectivity index (χ3v) is 8.00. The molecule has 0 saturated carbocycles. The highest BCUT2D eigenvalue weighted by atomic mass is 32.2. The van der Waals surface area contributed by atoms with Gasteiger partial charge in [0.25, 0.3) is 20.2 Å². The summed E-state index contributed by atoms with van der Waals surface area (Å²) in [6.07, 6.45) is -4.94. The van der Waals surface area contributed by atoms with E-state index in [4.69, 9.17) is 14.8 Å². The molecule has 0 aromatic heterocycles. The largest absolute Gasteiger partial charge is 0.573 e. The number of aryl methyl sites for hydroxylation is 2. The molecule has 0 amide bonds. The van der Waals surface area contributed by atoms with E-state index in [2.05, 4.69) is 10.1 Å². The first-order chi connectivity index (χ1) is 21.8. The standard InChI is InChI=1S/C18H21F3N2O2.2C7H8O3S/c19-18(20,21)25-15-8-4-7-14(9-15)11-23-12-17(24)16(22)10-13-5-2-1-3-6-13;2*1-6-2-4-7(5-3-6)11(8,9)10/h1-9,16-17,23-24H,10-12,22H2;2*2-5H,1H3,(H,8,9,10)/t16-,17+;;/m0../s1. The average molecular weight is 699 g/mol. The normalized spacial score (nSPS) is 12.9. The van der Waals surface area contributed by atoms with E-state index in [1.165, 1.54) is 42.5 Å². The Bertz CT molecular complexity index is 1660. The number of nitrogens with two attached hydrogens (primary N) is 1. The quantitative estimate of drug-likeness (QED) is 0.140. The molecule has 15 heteroatoms. The lowest BCUT2D eigenvalue weighted by Gasteiger charge is -2.19. The number of ether oxygens (including phenoxy) is 1. The molecule has 0 fully saturated rings. The highest BCUT2D eigenvalue weighted by Gasteiger charge is 2.31. The Morgan fingerprint density at radius 2 is 1.21 bits per heavy atom. The van der Waals surface area contributed by atoms with Gasteiger partial charge in [-0.15, -0.1) is 13.2 Å². The third kappa shape index (κ3) is 16.0. The second-order valence-corrected chi connectivity index (χ2v) is 13.2. The van der Waals surface area contributed by atoms with Gasteiger partial charge in [0.05, 0.1) is 15.9 Å². The number of nitrogens with one attached hydrogen (secondary N) is 1. The van der Waals surface area contributed by atoms with E-state index in [-0.39, 0.29) is 22.1 Å². The van der Waals surface area contributed by atoms with Gasteiger partial charge in [-0.1, -0.05) is 77.9 Å². The summed E-state index contributed by atoms with van der Waals surface area (Å²) < 4.78 is 99.6. The van der Waals surface area contributed by atoms with E-state index in [1.807, 2.05) is 44.2 Å². The van der Waals surface area contributed by atoms with Gasteiger partial charge < -0.3 is 20.9 Å². The number of aliphatic hydroxyl groups is 1. The van der Waals surface area contributed by atoms with Crippen LogP contribution in [-0.2, 0) is 33.2 Å². The van der Waals surface area contributed by atoms with Gasteiger partial charge >= 0.3 is 6.36 Å². The van der Waals surface area contributed by atoms with E-state index < -0.39 is 38.7 Å². The van der Waals surface area contributed by atoms with Crippen molar-refractivity contribution in [2.24, 2.45) is 5.73 Å². The molecule has 0 spiro atoms. The molecular weight excluding hydrogens is 661 g/mol. The maximum Gasteiger partial charge on any atom is 0.573 e. The molecule has 4 rings (SSSR count). The monoisotopic (exact) mass is 698 g/mol. The number of hydrogen-bond donors (Lipinski definition) is 5. The summed E-state index contributed by atoms with van der Waals surface area (Å²) in [4.78, 5) is -0.133. The third-order valence-electron chi connectivity index (χ3n) is 6.26. The minimum atomic E-state index is -4.72. The van der Waals surface area contributed by atoms with Crippen molar-refractivity contribution in [3.8, 4) is 5.75 Å². The van der Waals surface area contributed by atoms with Crippen LogP contribution in [0.15, 0.2) is 113 Å². The van der Waals surface area contributed by atoms with Crippen LogP contribution in [0.25, 0.3) is 0 Å². The van der Waals surface area contributed by atoms with Gasteiger partial charge in [-0.05, 0) is 67.8 Å². The lowest BCUT2D eigenvalue weighted by Crippen LogP contribution is -2.42. The summed E-state index contributed by atoms with van der Waals surface area (Å²) in [6.45, 7) is 4.21. The van der Waals surface area contributed by atoms with Gasteiger partial charge in [-0.3, -0.25) is 9.11 Å². The fourth-order valence-electron chi connectivity index (χ4n) is 3.81. The van der Waals surface area contributed by atoms with E-state index in [0.717, 1.165) is 16.7 Å². The molecule has 0 saturated heterocycles. The molecule has 0 unspecified atom stereocenters. The summed E-state index contributed by atoms with van der Waals surface area (Å²) in [5, 5.41) is 13.1. The summed E-state index contributed by atoms with van der Waals surface area (Å²) in [7, 11) is -8.04. The van der Waals surface area contributed by atoms with E-state index in [0.29, 0.717) is 18.5 Å². The molecule has 2 atom stereocenters. The maximum atomic E-state index is 12.2. The molecule has 0 aliphatic heterocycles. The van der Waals surface area contributed by atoms with Crippen molar-refractivity contribution in [1.29, 1.82) is 0 Å². The zero-order valence-electron chi connectivity index (χ0n) is 25.5. The van der Waals surface area contributed by atoms with Crippen LogP contribution in [0.1, 0.15) is 22.3 Å². The molecule has 4 aromatic rings. The summed E-state index contributed by atoms with van der Waals surface area (Å²) >= 11 is 0. The molecule has 0 radical (unpaired) electrons. The van der Waals surface area contributed by atoms with Gasteiger partial charge in [0.1, 0.15) is 5.75 Å². The first-order valence-electron chi connectivity index (χ1n) is 13.9. The van der Waals surface area contributed by atoms with Crippen LogP contribution < -0.4 is 15.8 Å². The number of halogens is 3. The zero-order valence-corrected chi connectivity index (χ0v) is 27.1. The number of rotatable bonds is 10. The fourth-order valence-corrected chi connectivity index (χ4v) is 4.77. The summed E-state index contributed by atoms with van der Waals surface area (Å²) in [5.41, 5.74) is 9.55. The first-order valence-corrected chi connectivity index (χ1v) is 16.8. The van der Waals surface area contributed by atoms with Gasteiger partial charge in [0.2, 0.25) is 0 Å². The Hall–Kier alpha value is -3.83. The molecule has 0 aliphatic carbocycles. The molecule has 6 N–H and O–H groups in total. The number of aliphatic hydroxyl groups excluding tert-OH is 1. The Kier molecular flexibility index (Phi) is 15.0. The molecule has 0 heterocycles. The molecule has 0 aliphatic rings. The topological polar surface area (TPSA) is 176 Å². The van der Waals surface area contributed by atoms with Crippen molar-refractivity contribution in [3.63, 3.8) is 0 Å². The first kappa shape index (κ1) is 39.3. The lowest BCUT2D eigenvalue weighted by molar-refractivity contribution is -0.274. The van der Waals surface area contributed by atoms with Crippen LogP contribution in [0.3, 0.4) is 0 Å². The second-order valence-electron chi connectivity index (χ2n) is 10.3. The van der Waals surface area contributed by atoms with Gasteiger partial charge in [-0.25, -0.2) is 0 Å².